The van der Waals surface area contributed by atoms with Crippen LogP contribution in [-0.4, -0.2) is 62.1 Å². The van der Waals surface area contributed by atoms with E-state index in [1.54, 1.807) is 24.1 Å². The van der Waals surface area contributed by atoms with Crippen LogP contribution in [-0.2, 0) is 20.8 Å². The summed E-state index contributed by atoms with van der Waals surface area (Å²) in [5, 5.41) is 1.74. The van der Waals surface area contributed by atoms with Crippen LogP contribution in [0.1, 0.15) is 26.3 Å². The monoisotopic (exact) mass is 347 g/mol. The van der Waals surface area contributed by atoms with E-state index in [4.69, 9.17) is 4.84 Å². The molecule has 138 valence electrons. The molecule has 0 radical (unpaired) electrons. The minimum absolute atomic E-state index is 0.0936. The van der Waals surface area contributed by atoms with E-state index in [1.807, 2.05) is 32.9 Å². The van der Waals surface area contributed by atoms with Gasteiger partial charge in [0.2, 0.25) is 5.91 Å². The zero-order valence-electron chi connectivity index (χ0n) is 15.9. The molecule has 0 N–H and O–H groups in total. The molecule has 0 atom stereocenters. The van der Waals surface area contributed by atoms with E-state index in [9.17, 15) is 9.59 Å². The molecule has 25 heavy (non-hydrogen) atoms. The van der Waals surface area contributed by atoms with E-state index in [-0.39, 0.29) is 11.9 Å². The molecule has 0 saturated carbocycles. The van der Waals surface area contributed by atoms with Crippen molar-refractivity contribution in [3.8, 4) is 0 Å². The van der Waals surface area contributed by atoms with Gasteiger partial charge in [-0.2, -0.15) is 0 Å². The Balaban J connectivity index is 1.92. The third kappa shape index (κ3) is 5.46. The van der Waals surface area contributed by atoms with Crippen LogP contribution in [0.25, 0.3) is 0 Å². The minimum Gasteiger partial charge on any atom is -0.369 e. The zero-order valence-corrected chi connectivity index (χ0v) is 15.9. The summed E-state index contributed by atoms with van der Waals surface area (Å²) in [5.74, 6) is -0.110. The molecule has 1 aromatic carbocycles. The van der Waals surface area contributed by atoms with Crippen molar-refractivity contribution >= 4 is 17.6 Å². The van der Waals surface area contributed by atoms with Gasteiger partial charge in [0, 0.05) is 32.9 Å². The van der Waals surface area contributed by atoms with Crippen LogP contribution in [0.15, 0.2) is 24.3 Å². The zero-order chi connectivity index (χ0) is 18.6. The highest BCUT2D eigenvalue weighted by Crippen LogP contribution is 2.21. The summed E-state index contributed by atoms with van der Waals surface area (Å²) < 4.78 is 0. The molecular weight excluding hydrogens is 318 g/mol. The lowest BCUT2D eigenvalue weighted by Crippen LogP contribution is -2.48. The number of amides is 1. The molecule has 1 fully saturated rings. The van der Waals surface area contributed by atoms with E-state index in [2.05, 4.69) is 17.0 Å². The van der Waals surface area contributed by atoms with Crippen molar-refractivity contribution in [1.29, 1.82) is 0 Å². The average Bonchev–Trinajstić information content (AvgIpc) is 2.54. The molecular formula is C19H29N3O3. The fraction of sp³-hybridized carbons (Fsp3) is 0.579. The third-order valence-corrected chi connectivity index (χ3v) is 4.19. The van der Waals surface area contributed by atoms with Crippen molar-refractivity contribution in [3.05, 3.63) is 29.8 Å². The summed E-state index contributed by atoms with van der Waals surface area (Å²) in [6.07, 6.45) is 0.407. The second kappa shape index (κ2) is 7.87. The topological polar surface area (TPSA) is 53.1 Å². The van der Waals surface area contributed by atoms with Crippen LogP contribution >= 0.6 is 0 Å². The van der Waals surface area contributed by atoms with Gasteiger partial charge in [-0.1, -0.05) is 12.1 Å². The molecule has 1 heterocycles. The molecule has 0 bridgehead atoms. The summed E-state index contributed by atoms with van der Waals surface area (Å²) >= 11 is 0. The maximum atomic E-state index is 12.0. The molecule has 6 nitrogen and oxygen atoms in total. The molecule has 6 heteroatoms. The van der Waals surface area contributed by atoms with E-state index in [1.165, 1.54) is 0 Å². The van der Waals surface area contributed by atoms with Crippen molar-refractivity contribution in [2.24, 2.45) is 5.41 Å². The first-order valence-corrected chi connectivity index (χ1v) is 8.68. The van der Waals surface area contributed by atoms with Crippen LogP contribution in [0.2, 0.25) is 0 Å². The van der Waals surface area contributed by atoms with Gasteiger partial charge in [-0.15, -0.1) is 5.06 Å². The number of carbonyl (C=O) groups is 2. The Morgan fingerprint density at radius 2 is 1.76 bits per heavy atom. The summed E-state index contributed by atoms with van der Waals surface area (Å²) in [6, 6.07) is 8.09. The number of hydrogen-bond donors (Lipinski definition) is 0. The number of nitrogens with zero attached hydrogens (tertiary/aromatic N) is 3. The molecule has 1 aliphatic rings. The predicted molar refractivity (Wildman–Crippen MR) is 98.2 cm³/mol. The minimum atomic E-state index is -0.496. The lowest BCUT2D eigenvalue weighted by molar-refractivity contribution is -0.201. The van der Waals surface area contributed by atoms with Crippen molar-refractivity contribution in [1.82, 2.24) is 9.96 Å². The number of piperazine rings is 1. The highest BCUT2D eigenvalue weighted by Gasteiger charge is 2.27. The van der Waals surface area contributed by atoms with Crippen molar-refractivity contribution in [2.75, 3.05) is 45.2 Å². The Morgan fingerprint density at radius 3 is 2.32 bits per heavy atom. The Bertz CT molecular complexity index is 615. The lowest BCUT2D eigenvalue weighted by Gasteiger charge is -2.35. The third-order valence-electron chi connectivity index (χ3n) is 4.19. The largest absolute Gasteiger partial charge is 0.369 e. The van der Waals surface area contributed by atoms with E-state index < -0.39 is 5.41 Å². The number of hydrogen-bond acceptors (Lipinski definition) is 5. The Morgan fingerprint density at radius 1 is 1.12 bits per heavy atom. The number of rotatable bonds is 4. The molecule has 2 rings (SSSR count). The van der Waals surface area contributed by atoms with E-state index >= 15 is 0 Å². The molecule has 0 aliphatic carbocycles. The second-order valence-electron chi connectivity index (χ2n) is 7.68. The number of anilines is 1. The summed E-state index contributed by atoms with van der Waals surface area (Å²) in [4.78, 5) is 33.2. The lowest BCUT2D eigenvalue weighted by atomic mass is 9.98. The molecule has 1 saturated heterocycles. The average molecular weight is 347 g/mol. The van der Waals surface area contributed by atoms with Gasteiger partial charge in [-0.25, -0.2) is 4.79 Å². The van der Waals surface area contributed by atoms with Gasteiger partial charge in [0.05, 0.1) is 24.9 Å². The maximum absolute atomic E-state index is 12.0. The smallest absolute Gasteiger partial charge is 0.330 e. The van der Waals surface area contributed by atoms with Crippen molar-refractivity contribution in [2.45, 2.75) is 27.2 Å². The van der Waals surface area contributed by atoms with Crippen LogP contribution in [0.5, 0.6) is 0 Å². The van der Waals surface area contributed by atoms with Gasteiger partial charge in [0.25, 0.3) is 0 Å². The quantitative estimate of drug-likeness (QED) is 0.833. The van der Waals surface area contributed by atoms with Crippen molar-refractivity contribution in [3.63, 3.8) is 0 Å². The van der Waals surface area contributed by atoms with E-state index in [0.717, 1.165) is 24.3 Å². The molecule has 1 aliphatic heterocycles. The number of benzene rings is 1. The Labute approximate surface area is 150 Å². The van der Waals surface area contributed by atoms with Gasteiger partial charge in [0.1, 0.15) is 0 Å². The van der Waals surface area contributed by atoms with Crippen LogP contribution < -0.4 is 4.90 Å². The molecule has 0 spiro atoms. The first kappa shape index (κ1) is 19.2. The number of carbonyl (C=O) groups excluding carboxylic acids is 2. The summed E-state index contributed by atoms with van der Waals surface area (Å²) in [7, 11) is 3.54. The second-order valence-corrected chi connectivity index (χ2v) is 7.68. The van der Waals surface area contributed by atoms with Crippen LogP contribution in [0, 0.1) is 5.41 Å². The van der Waals surface area contributed by atoms with Gasteiger partial charge in [0.15, 0.2) is 0 Å². The SMILES string of the molecule is CN(C)C(=O)Cc1cccc(N2CCN(OC(=O)C(C)(C)C)CC2)c1. The van der Waals surface area contributed by atoms with Gasteiger partial charge >= 0.3 is 5.97 Å². The summed E-state index contributed by atoms with van der Waals surface area (Å²) in [5.41, 5.74) is 1.62. The molecule has 0 aromatic heterocycles. The molecule has 1 aromatic rings. The maximum Gasteiger partial charge on any atom is 0.330 e. The van der Waals surface area contributed by atoms with Crippen LogP contribution in [0.4, 0.5) is 5.69 Å². The fourth-order valence-electron chi connectivity index (χ4n) is 2.49. The Kier molecular flexibility index (Phi) is 6.06. The van der Waals surface area contributed by atoms with Gasteiger partial charge in [-0.3, -0.25) is 4.79 Å². The van der Waals surface area contributed by atoms with E-state index in [0.29, 0.717) is 19.5 Å². The van der Waals surface area contributed by atoms with Gasteiger partial charge in [-0.05, 0) is 38.5 Å². The fourth-order valence-corrected chi connectivity index (χ4v) is 2.49. The predicted octanol–water partition coefficient (Wildman–Crippen LogP) is 1.94. The van der Waals surface area contributed by atoms with Crippen LogP contribution in [0.3, 0.4) is 0 Å². The summed E-state index contributed by atoms with van der Waals surface area (Å²) in [6.45, 7) is 8.46. The normalized spacial score (nSPS) is 15.8. The first-order chi connectivity index (χ1) is 11.7. The first-order valence-electron chi connectivity index (χ1n) is 8.68. The van der Waals surface area contributed by atoms with Gasteiger partial charge < -0.3 is 14.6 Å². The molecule has 0 unspecified atom stereocenters. The number of likely N-dealkylation sites (N-methyl/N-ethyl adjacent to an activating group) is 1. The standard InChI is InChI=1S/C19H29N3O3/c1-19(2,3)18(24)25-22-11-9-21(10-12-22)16-8-6-7-15(13-16)14-17(23)20(4)5/h6-8,13H,9-12,14H2,1-5H3. The molecule has 1 amide bonds. The highest BCUT2D eigenvalue weighted by atomic mass is 16.7. The Hall–Kier alpha value is -2.08. The number of hydroxylamine groups is 2. The van der Waals surface area contributed by atoms with Crippen molar-refractivity contribution < 1.29 is 14.4 Å². The highest BCUT2D eigenvalue weighted by molar-refractivity contribution is 5.78.